The number of rotatable bonds is 4. The summed E-state index contributed by atoms with van der Waals surface area (Å²) in [4.78, 5) is 29.7. The third-order valence-electron chi connectivity index (χ3n) is 3.97. The van der Waals surface area contributed by atoms with Gasteiger partial charge in [-0.15, -0.1) is 0 Å². The predicted molar refractivity (Wildman–Crippen MR) is 92.9 cm³/mol. The van der Waals surface area contributed by atoms with E-state index in [9.17, 15) is 9.59 Å². The van der Waals surface area contributed by atoms with E-state index in [-0.39, 0.29) is 11.9 Å². The van der Waals surface area contributed by atoms with Crippen LogP contribution in [0.15, 0.2) is 36.7 Å². The Bertz CT molecular complexity index is 582. The Morgan fingerprint density at radius 3 is 2.46 bits per heavy atom. The van der Waals surface area contributed by atoms with E-state index in [1.807, 2.05) is 26.8 Å². The molecular formula is C19H26N2O3. The maximum atomic E-state index is 12.0. The van der Waals surface area contributed by atoms with Crippen LogP contribution in [-0.4, -0.2) is 40.5 Å². The number of carbonyl (C=O) groups excluding carboxylic acids is 2. The second-order valence-electron chi connectivity index (χ2n) is 7.15. The number of ether oxygens (including phenoxy) is 1. The van der Waals surface area contributed by atoms with E-state index in [0.29, 0.717) is 24.6 Å². The van der Waals surface area contributed by atoms with E-state index < -0.39 is 5.60 Å². The Morgan fingerprint density at radius 1 is 1.25 bits per heavy atom. The third-order valence-corrected chi connectivity index (χ3v) is 3.97. The van der Waals surface area contributed by atoms with Crippen LogP contribution in [0.1, 0.15) is 50.4 Å². The Balaban J connectivity index is 1.74. The van der Waals surface area contributed by atoms with Gasteiger partial charge in [0.25, 0.3) is 0 Å². The van der Waals surface area contributed by atoms with Gasteiger partial charge in [-0.1, -0.05) is 6.08 Å². The molecule has 1 aromatic heterocycles. The topological polar surface area (TPSA) is 59.5 Å². The average Bonchev–Trinajstić information content (AvgIpc) is 2.54. The average molecular weight is 330 g/mol. The Kier molecular flexibility index (Phi) is 6.12. The summed E-state index contributed by atoms with van der Waals surface area (Å²) in [5, 5.41) is 0. The molecule has 0 radical (unpaired) electrons. The van der Waals surface area contributed by atoms with Crippen molar-refractivity contribution in [3.8, 4) is 0 Å². The van der Waals surface area contributed by atoms with E-state index in [4.69, 9.17) is 4.74 Å². The van der Waals surface area contributed by atoms with Crippen LogP contribution in [0.4, 0.5) is 4.79 Å². The molecule has 0 atom stereocenters. The molecule has 1 aromatic rings. The van der Waals surface area contributed by atoms with Crippen LogP contribution in [0.3, 0.4) is 0 Å². The third kappa shape index (κ3) is 5.80. The van der Waals surface area contributed by atoms with Crippen molar-refractivity contribution in [2.45, 2.75) is 45.6 Å². The maximum absolute atomic E-state index is 12.0. The first kappa shape index (κ1) is 18.2. The monoisotopic (exact) mass is 330 g/mol. The maximum Gasteiger partial charge on any atom is 0.410 e. The van der Waals surface area contributed by atoms with Crippen molar-refractivity contribution in [2.75, 3.05) is 13.1 Å². The summed E-state index contributed by atoms with van der Waals surface area (Å²) < 4.78 is 5.40. The molecule has 2 heterocycles. The van der Waals surface area contributed by atoms with Crippen LogP contribution in [-0.2, 0) is 4.74 Å². The molecule has 0 saturated carbocycles. The molecule has 5 nitrogen and oxygen atoms in total. The van der Waals surface area contributed by atoms with Gasteiger partial charge in [-0.05, 0) is 64.2 Å². The van der Waals surface area contributed by atoms with E-state index in [2.05, 4.69) is 4.98 Å². The van der Waals surface area contributed by atoms with Crippen LogP contribution < -0.4 is 0 Å². The number of hydrogen-bond acceptors (Lipinski definition) is 4. The van der Waals surface area contributed by atoms with Crippen molar-refractivity contribution < 1.29 is 14.3 Å². The molecule has 0 bridgehead atoms. The van der Waals surface area contributed by atoms with Gasteiger partial charge in [0.2, 0.25) is 0 Å². The standard InChI is InChI=1S/C19H26N2O3/c1-19(2,3)24-18(23)21-13-9-15(10-14-21)5-4-6-17(22)16-7-11-20-12-8-16/h4,6-8,11-12,15H,5,9-10,13-14H2,1-3H3/b6-4+. The molecule has 1 amide bonds. The molecule has 0 aliphatic carbocycles. The molecule has 24 heavy (non-hydrogen) atoms. The van der Waals surface area contributed by atoms with Crippen LogP contribution >= 0.6 is 0 Å². The summed E-state index contributed by atoms with van der Waals surface area (Å²) >= 11 is 0. The number of amides is 1. The number of pyridine rings is 1. The lowest BCUT2D eigenvalue weighted by atomic mass is 9.93. The molecule has 1 fully saturated rings. The first-order chi connectivity index (χ1) is 11.3. The van der Waals surface area contributed by atoms with Gasteiger partial charge in [0.15, 0.2) is 5.78 Å². The second kappa shape index (κ2) is 8.08. The fraction of sp³-hybridized carbons (Fsp3) is 0.526. The van der Waals surface area contributed by atoms with Crippen LogP contribution in [0.2, 0.25) is 0 Å². The van der Waals surface area contributed by atoms with Gasteiger partial charge in [-0.25, -0.2) is 4.79 Å². The zero-order valence-corrected chi connectivity index (χ0v) is 14.7. The number of allylic oxidation sites excluding steroid dienone is 2. The number of aromatic nitrogens is 1. The first-order valence-electron chi connectivity index (χ1n) is 8.44. The van der Waals surface area contributed by atoms with Gasteiger partial charge >= 0.3 is 6.09 Å². The molecule has 1 aliphatic heterocycles. The normalized spacial score (nSPS) is 16.4. The summed E-state index contributed by atoms with van der Waals surface area (Å²) in [6.07, 6.45) is 9.32. The molecule has 5 heteroatoms. The van der Waals surface area contributed by atoms with Crippen molar-refractivity contribution in [1.82, 2.24) is 9.88 Å². The minimum absolute atomic E-state index is 0.00332. The summed E-state index contributed by atoms with van der Waals surface area (Å²) in [7, 11) is 0. The minimum atomic E-state index is -0.454. The second-order valence-corrected chi connectivity index (χ2v) is 7.15. The quantitative estimate of drug-likeness (QED) is 0.621. The highest BCUT2D eigenvalue weighted by Gasteiger charge is 2.26. The summed E-state index contributed by atoms with van der Waals surface area (Å²) in [6.45, 7) is 7.06. The van der Waals surface area contributed by atoms with Gasteiger partial charge in [-0.2, -0.15) is 0 Å². The summed E-state index contributed by atoms with van der Waals surface area (Å²) in [5.74, 6) is 0.508. The summed E-state index contributed by atoms with van der Waals surface area (Å²) in [5.41, 5.74) is 0.199. The van der Waals surface area contributed by atoms with Crippen molar-refractivity contribution in [1.29, 1.82) is 0 Å². The van der Waals surface area contributed by atoms with Crippen LogP contribution in [0.25, 0.3) is 0 Å². The van der Waals surface area contributed by atoms with Gasteiger partial charge in [0, 0.05) is 31.0 Å². The molecule has 1 aliphatic rings. The Labute approximate surface area is 143 Å². The molecule has 2 rings (SSSR count). The first-order valence-corrected chi connectivity index (χ1v) is 8.44. The van der Waals surface area contributed by atoms with Gasteiger partial charge in [0.1, 0.15) is 5.60 Å². The zero-order valence-electron chi connectivity index (χ0n) is 14.7. The Hall–Kier alpha value is -2.17. The van der Waals surface area contributed by atoms with Crippen LogP contribution in [0.5, 0.6) is 0 Å². The SMILES string of the molecule is CC(C)(C)OC(=O)N1CCC(C/C=C/C(=O)c2ccncc2)CC1. The predicted octanol–water partition coefficient (Wildman–Crippen LogP) is 3.86. The summed E-state index contributed by atoms with van der Waals surface area (Å²) in [6, 6.07) is 3.43. The van der Waals surface area contributed by atoms with Crippen molar-refractivity contribution in [2.24, 2.45) is 5.92 Å². The lowest BCUT2D eigenvalue weighted by molar-refractivity contribution is 0.0185. The fourth-order valence-electron chi connectivity index (χ4n) is 2.66. The smallest absolute Gasteiger partial charge is 0.410 e. The van der Waals surface area contributed by atoms with Gasteiger partial charge < -0.3 is 9.64 Å². The molecule has 0 unspecified atom stereocenters. The highest BCUT2D eigenvalue weighted by atomic mass is 16.6. The lowest BCUT2D eigenvalue weighted by Crippen LogP contribution is -2.41. The number of carbonyl (C=O) groups is 2. The minimum Gasteiger partial charge on any atom is -0.444 e. The molecule has 0 spiro atoms. The highest BCUT2D eigenvalue weighted by molar-refractivity contribution is 6.04. The largest absolute Gasteiger partial charge is 0.444 e. The van der Waals surface area contributed by atoms with E-state index >= 15 is 0 Å². The number of ketones is 1. The van der Waals surface area contributed by atoms with E-state index in [1.165, 1.54) is 0 Å². The van der Waals surface area contributed by atoms with E-state index in [0.717, 1.165) is 19.3 Å². The van der Waals surface area contributed by atoms with Crippen molar-refractivity contribution in [3.05, 3.63) is 42.2 Å². The van der Waals surface area contributed by atoms with Gasteiger partial charge in [-0.3, -0.25) is 9.78 Å². The van der Waals surface area contributed by atoms with Crippen molar-refractivity contribution >= 4 is 11.9 Å². The molecule has 1 saturated heterocycles. The van der Waals surface area contributed by atoms with Crippen molar-refractivity contribution in [3.63, 3.8) is 0 Å². The fourth-order valence-corrected chi connectivity index (χ4v) is 2.66. The Morgan fingerprint density at radius 2 is 1.88 bits per heavy atom. The highest BCUT2D eigenvalue weighted by Crippen LogP contribution is 2.22. The number of likely N-dealkylation sites (tertiary alicyclic amines) is 1. The molecule has 0 N–H and O–H groups in total. The molecular weight excluding hydrogens is 304 g/mol. The number of nitrogens with zero attached hydrogens (tertiary/aromatic N) is 2. The zero-order chi connectivity index (χ0) is 17.6. The lowest BCUT2D eigenvalue weighted by Gasteiger charge is -2.33. The number of hydrogen-bond donors (Lipinski definition) is 0. The molecule has 0 aromatic carbocycles. The number of piperidine rings is 1. The van der Waals surface area contributed by atoms with Crippen LogP contribution in [0, 0.1) is 5.92 Å². The van der Waals surface area contributed by atoms with Gasteiger partial charge in [0.05, 0.1) is 0 Å². The molecule has 130 valence electrons. The van der Waals surface area contributed by atoms with E-state index in [1.54, 1.807) is 35.5 Å².